The Morgan fingerprint density at radius 3 is 2.59 bits per heavy atom. The molecular weight excluding hydrogens is 435 g/mol. The lowest BCUT2D eigenvalue weighted by Crippen LogP contribution is -2.34. The molecule has 0 saturated carbocycles. The van der Waals surface area contributed by atoms with Crippen LogP contribution in [0, 0.1) is 0 Å². The highest BCUT2D eigenvalue weighted by Crippen LogP contribution is 2.24. The number of nitrogens with zero attached hydrogens (tertiary/aromatic N) is 1. The maximum atomic E-state index is 12.1. The molecule has 0 unspecified atom stereocenters. The lowest BCUT2D eigenvalue weighted by atomic mass is 10.4. The molecule has 2 aromatic rings. The van der Waals surface area contributed by atoms with E-state index in [0.717, 1.165) is 4.88 Å². The Hall–Kier alpha value is -1.65. The Kier molecular flexibility index (Phi) is 7.63. The number of sulfonamides is 1. The molecule has 0 spiro atoms. The number of carbonyl (C=O) groups is 2. The molecule has 0 aliphatic heterocycles. The van der Waals surface area contributed by atoms with Gasteiger partial charge in [-0.1, -0.05) is 29.3 Å². The van der Waals surface area contributed by atoms with Crippen molar-refractivity contribution < 1.29 is 22.7 Å². The number of esters is 1. The number of carbonyl (C=O) groups excluding carboxylic acids is 2. The van der Waals surface area contributed by atoms with E-state index in [4.69, 9.17) is 27.9 Å². The van der Waals surface area contributed by atoms with E-state index in [0.29, 0.717) is 6.54 Å². The molecular formula is C16H16Cl2N2O5S2. The SMILES string of the molecule is CN(Cc1cccs1)C(=O)COC(=O)CNS(=O)(=O)c1ccc(Cl)c(Cl)c1. The third-order valence-electron chi connectivity index (χ3n) is 3.36. The van der Waals surface area contributed by atoms with Crippen LogP contribution in [0.15, 0.2) is 40.6 Å². The van der Waals surface area contributed by atoms with Crippen LogP contribution in [0.25, 0.3) is 0 Å². The number of nitrogens with one attached hydrogen (secondary N) is 1. The van der Waals surface area contributed by atoms with E-state index in [2.05, 4.69) is 4.72 Å². The van der Waals surface area contributed by atoms with Gasteiger partial charge in [-0.2, -0.15) is 4.72 Å². The van der Waals surface area contributed by atoms with Gasteiger partial charge in [0.05, 0.1) is 21.5 Å². The van der Waals surface area contributed by atoms with Gasteiger partial charge in [-0.25, -0.2) is 8.42 Å². The Labute approximate surface area is 170 Å². The minimum atomic E-state index is -3.97. The second kappa shape index (κ2) is 9.52. The number of benzene rings is 1. The normalized spacial score (nSPS) is 11.2. The maximum absolute atomic E-state index is 12.1. The largest absolute Gasteiger partial charge is 0.455 e. The zero-order valence-electron chi connectivity index (χ0n) is 14.1. The smallest absolute Gasteiger partial charge is 0.321 e. The van der Waals surface area contributed by atoms with Crippen LogP contribution in [0.4, 0.5) is 0 Å². The molecule has 1 aromatic heterocycles. The number of thiophene rings is 1. The molecule has 0 atom stereocenters. The molecule has 0 radical (unpaired) electrons. The van der Waals surface area contributed by atoms with E-state index in [1.807, 2.05) is 17.5 Å². The fourth-order valence-electron chi connectivity index (χ4n) is 1.91. The van der Waals surface area contributed by atoms with Crippen LogP contribution >= 0.6 is 34.5 Å². The lowest BCUT2D eigenvalue weighted by Gasteiger charge is -2.16. The predicted octanol–water partition coefficient (Wildman–Crippen LogP) is 2.54. The third-order valence-corrected chi connectivity index (χ3v) is 6.36. The van der Waals surface area contributed by atoms with Gasteiger partial charge in [0.15, 0.2) is 6.61 Å². The molecule has 11 heteroatoms. The summed E-state index contributed by atoms with van der Waals surface area (Å²) in [5.41, 5.74) is 0. The van der Waals surface area contributed by atoms with Gasteiger partial charge in [0.2, 0.25) is 10.0 Å². The zero-order valence-corrected chi connectivity index (χ0v) is 17.3. The molecule has 27 heavy (non-hydrogen) atoms. The molecule has 1 N–H and O–H groups in total. The highest BCUT2D eigenvalue weighted by molar-refractivity contribution is 7.89. The molecule has 0 aliphatic rings. The maximum Gasteiger partial charge on any atom is 0.321 e. The van der Waals surface area contributed by atoms with Crippen molar-refractivity contribution >= 4 is 56.4 Å². The predicted molar refractivity (Wildman–Crippen MR) is 103 cm³/mol. The topological polar surface area (TPSA) is 92.8 Å². The van der Waals surface area contributed by atoms with Crippen molar-refractivity contribution in [2.24, 2.45) is 0 Å². The second-order valence-corrected chi connectivity index (χ2v) is 9.00. The van der Waals surface area contributed by atoms with Gasteiger partial charge in [0.25, 0.3) is 5.91 Å². The third kappa shape index (κ3) is 6.47. The Morgan fingerprint density at radius 2 is 1.96 bits per heavy atom. The van der Waals surface area contributed by atoms with E-state index in [9.17, 15) is 18.0 Å². The molecule has 1 amide bonds. The van der Waals surface area contributed by atoms with E-state index in [1.165, 1.54) is 34.4 Å². The minimum absolute atomic E-state index is 0.0708. The van der Waals surface area contributed by atoms with Crippen molar-refractivity contribution in [3.05, 3.63) is 50.6 Å². The van der Waals surface area contributed by atoms with Crippen LogP contribution in [0.2, 0.25) is 10.0 Å². The van der Waals surface area contributed by atoms with E-state index < -0.39 is 35.1 Å². The number of hydrogen-bond acceptors (Lipinski definition) is 6. The molecule has 0 bridgehead atoms. The van der Waals surface area contributed by atoms with Crippen LogP contribution in [0.1, 0.15) is 4.88 Å². The van der Waals surface area contributed by atoms with Crippen molar-refractivity contribution in [1.82, 2.24) is 9.62 Å². The summed E-state index contributed by atoms with van der Waals surface area (Å²) in [5, 5.41) is 2.18. The van der Waals surface area contributed by atoms with Gasteiger partial charge < -0.3 is 9.64 Å². The number of likely N-dealkylation sites (N-methyl/N-ethyl adjacent to an activating group) is 1. The summed E-state index contributed by atoms with van der Waals surface area (Å²) in [7, 11) is -2.39. The summed E-state index contributed by atoms with van der Waals surface area (Å²) in [6.07, 6.45) is 0. The summed E-state index contributed by atoms with van der Waals surface area (Å²) in [6.45, 7) is -0.697. The van der Waals surface area contributed by atoms with Crippen molar-refractivity contribution in [2.45, 2.75) is 11.4 Å². The van der Waals surface area contributed by atoms with Crippen molar-refractivity contribution in [1.29, 1.82) is 0 Å². The Morgan fingerprint density at radius 1 is 1.22 bits per heavy atom. The van der Waals surface area contributed by atoms with Crippen LogP contribution in [-0.2, 0) is 30.9 Å². The highest BCUT2D eigenvalue weighted by atomic mass is 35.5. The monoisotopic (exact) mass is 450 g/mol. The molecule has 0 saturated heterocycles. The van der Waals surface area contributed by atoms with Crippen LogP contribution in [-0.4, -0.2) is 45.4 Å². The first-order chi connectivity index (χ1) is 12.7. The van der Waals surface area contributed by atoms with E-state index >= 15 is 0 Å². The summed E-state index contributed by atoms with van der Waals surface area (Å²) in [5.74, 6) is -1.28. The summed E-state index contributed by atoms with van der Waals surface area (Å²) < 4.78 is 31.2. The zero-order chi connectivity index (χ0) is 20.0. The van der Waals surface area contributed by atoms with Crippen molar-refractivity contribution in [3.63, 3.8) is 0 Å². The van der Waals surface area contributed by atoms with Gasteiger partial charge >= 0.3 is 5.97 Å². The Bertz CT molecular complexity index is 917. The van der Waals surface area contributed by atoms with Gasteiger partial charge in [0, 0.05) is 11.9 Å². The molecule has 0 aliphatic carbocycles. The molecule has 2 rings (SSSR count). The van der Waals surface area contributed by atoms with Gasteiger partial charge in [-0.3, -0.25) is 9.59 Å². The van der Waals surface area contributed by atoms with Crippen LogP contribution in [0.3, 0.4) is 0 Å². The van der Waals surface area contributed by atoms with Crippen LogP contribution < -0.4 is 4.72 Å². The number of hydrogen-bond donors (Lipinski definition) is 1. The average molecular weight is 451 g/mol. The van der Waals surface area contributed by atoms with E-state index in [1.54, 1.807) is 7.05 Å². The van der Waals surface area contributed by atoms with Gasteiger partial charge in [-0.15, -0.1) is 11.3 Å². The lowest BCUT2D eigenvalue weighted by molar-refractivity contribution is -0.150. The quantitative estimate of drug-likeness (QED) is 0.623. The fraction of sp³-hybridized carbons (Fsp3) is 0.250. The summed E-state index contributed by atoms with van der Waals surface area (Å²) in [4.78, 5) is 25.9. The van der Waals surface area contributed by atoms with Crippen molar-refractivity contribution in [3.8, 4) is 0 Å². The first kappa shape index (κ1) is 21.6. The second-order valence-electron chi connectivity index (χ2n) is 5.39. The first-order valence-electron chi connectivity index (χ1n) is 7.56. The molecule has 146 valence electrons. The van der Waals surface area contributed by atoms with Gasteiger partial charge in [-0.05, 0) is 29.6 Å². The van der Waals surface area contributed by atoms with Crippen molar-refractivity contribution in [2.75, 3.05) is 20.2 Å². The fourth-order valence-corrected chi connectivity index (χ4v) is 4.02. The standard InChI is InChI=1S/C16H16Cl2N2O5S2/c1-20(9-11-3-2-6-26-11)15(21)10-25-16(22)8-19-27(23,24)12-4-5-13(17)14(18)7-12/h2-7,19H,8-10H2,1H3. The number of rotatable bonds is 8. The Balaban J connectivity index is 1.81. The van der Waals surface area contributed by atoms with E-state index in [-0.39, 0.29) is 14.9 Å². The molecule has 1 heterocycles. The number of ether oxygens (including phenoxy) is 1. The molecule has 0 fully saturated rings. The summed E-state index contributed by atoms with van der Waals surface area (Å²) in [6, 6.07) is 7.51. The number of halogens is 2. The first-order valence-corrected chi connectivity index (χ1v) is 10.7. The van der Waals surface area contributed by atoms with Crippen LogP contribution in [0.5, 0.6) is 0 Å². The molecule has 1 aromatic carbocycles. The molecule has 7 nitrogen and oxygen atoms in total. The average Bonchev–Trinajstić information content (AvgIpc) is 3.13. The summed E-state index contributed by atoms with van der Waals surface area (Å²) >= 11 is 13.0. The highest BCUT2D eigenvalue weighted by Gasteiger charge is 2.18. The van der Waals surface area contributed by atoms with Gasteiger partial charge in [0.1, 0.15) is 6.54 Å². The number of amides is 1. The minimum Gasteiger partial charge on any atom is -0.455 e.